The minimum absolute atomic E-state index is 0.0444. The first-order chi connectivity index (χ1) is 13.0. The standard InChI is InChI=1S/C21H22FNO4/c1-27-19-12-18(25)15(13-23-10-4-5-11-23)21(26)20(19)17(24)9-8-14-6-2-3-7-16(14)22/h2-3,6-9,12,25-26H,4-5,10-11,13H2,1H3/b9-8+. The number of ether oxygens (including phenoxy) is 1. The molecule has 0 atom stereocenters. The average molecular weight is 371 g/mol. The lowest BCUT2D eigenvalue weighted by atomic mass is 10.0. The van der Waals surface area contributed by atoms with Gasteiger partial charge >= 0.3 is 0 Å². The van der Waals surface area contributed by atoms with Gasteiger partial charge in [-0.05, 0) is 44.1 Å². The molecule has 0 bridgehead atoms. The van der Waals surface area contributed by atoms with Gasteiger partial charge < -0.3 is 14.9 Å². The predicted molar refractivity (Wildman–Crippen MR) is 101 cm³/mol. The summed E-state index contributed by atoms with van der Waals surface area (Å²) in [5.41, 5.74) is 0.512. The highest BCUT2D eigenvalue weighted by Gasteiger charge is 2.24. The van der Waals surface area contributed by atoms with Crippen molar-refractivity contribution >= 4 is 11.9 Å². The van der Waals surface area contributed by atoms with Gasteiger partial charge in [0, 0.05) is 18.2 Å². The number of allylic oxidation sites excluding steroid dienone is 1. The molecule has 142 valence electrons. The number of nitrogens with zero attached hydrogens (tertiary/aromatic N) is 1. The lowest BCUT2D eigenvalue weighted by Crippen LogP contribution is -2.19. The van der Waals surface area contributed by atoms with Gasteiger partial charge in [-0.1, -0.05) is 18.2 Å². The number of methoxy groups -OCH3 is 1. The molecule has 1 saturated heterocycles. The second kappa shape index (κ2) is 8.22. The number of carbonyl (C=O) groups excluding carboxylic acids is 1. The maximum atomic E-state index is 13.7. The molecule has 3 rings (SSSR count). The second-order valence-electron chi connectivity index (χ2n) is 6.50. The molecule has 2 aromatic carbocycles. The van der Waals surface area contributed by atoms with Crippen molar-refractivity contribution in [3.05, 3.63) is 58.9 Å². The first-order valence-corrected chi connectivity index (χ1v) is 8.82. The first kappa shape index (κ1) is 18.9. The lowest BCUT2D eigenvalue weighted by molar-refractivity contribution is 0.104. The van der Waals surface area contributed by atoms with Crippen LogP contribution in [-0.4, -0.2) is 41.1 Å². The number of carbonyl (C=O) groups is 1. The molecule has 0 radical (unpaired) electrons. The van der Waals surface area contributed by atoms with Crippen LogP contribution in [-0.2, 0) is 6.54 Å². The molecule has 6 heteroatoms. The maximum Gasteiger partial charge on any atom is 0.193 e. The van der Waals surface area contributed by atoms with Gasteiger partial charge in [0.05, 0.1) is 12.7 Å². The molecule has 27 heavy (non-hydrogen) atoms. The number of halogens is 1. The second-order valence-corrected chi connectivity index (χ2v) is 6.50. The maximum absolute atomic E-state index is 13.7. The van der Waals surface area contributed by atoms with E-state index in [9.17, 15) is 19.4 Å². The minimum atomic E-state index is -0.532. The summed E-state index contributed by atoms with van der Waals surface area (Å²) >= 11 is 0. The molecule has 0 spiro atoms. The minimum Gasteiger partial charge on any atom is -0.507 e. The Morgan fingerprint density at radius 1 is 1.26 bits per heavy atom. The van der Waals surface area contributed by atoms with Gasteiger partial charge in [0.2, 0.25) is 0 Å². The van der Waals surface area contributed by atoms with E-state index in [-0.39, 0.29) is 28.4 Å². The SMILES string of the molecule is COc1cc(O)c(CN2CCCC2)c(O)c1C(=O)/C=C/c1ccccc1F. The van der Waals surface area contributed by atoms with Gasteiger partial charge in [-0.3, -0.25) is 9.69 Å². The van der Waals surface area contributed by atoms with Crippen molar-refractivity contribution < 1.29 is 24.1 Å². The Hall–Kier alpha value is -2.86. The fraction of sp³-hybridized carbons (Fsp3) is 0.286. The fourth-order valence-corrected chi connectivity index (χ4v) is 3.25. The van der Waals surface area contributed by atoms with E-state index in [1.165, 1.54) is 31.4 Å². The lowest BCUT2D eigenvalue weighted by Gasteiger charge is -2.19. The summed E-state index contributed by atoms with van der Waals surface area (Å²) in [6.45, 7) is 2.10. The molecule has 2 aromatic rings. The van der Waals surface area contributed by atoms with Gasteiger partial charge in [0.25, 0.3) is 0 Å². The zero-order chi connectivity index (χ0) is 19.4. The van der Waals surface area contributed by atoms with Crippen LogP contribution >= 0.6 is 0 Å². The van der Waals surface area contributed by atoms with Crippen LogP contribution in [0.5, 0.6) is 17.2 Å². The van der Waals surface area contributed by atoms with Crippen LogP contribution in [0.1, 0.15) is 34.3 Å². The summed E-state index contributed by atoms with van der Waals surface area (Å²) in [7, 11) is 1.35. The van der Waals surface area contributed by atoms with Crippen molar-refractivity contribution in [2.45, 2.75) is 19.4 Å². The van der Waals surface area contributed by atoms with Gasteiger partial charge in [-0.15, -0.1) is 0 Å². The Balaban J connectivity index is 1.95. The van der Waals surface area contributed by atoms with E-state index < -0.39 is 11.6 Å². The number of hydrogen-bond acceptors (Lipinski definition) is 5. The Kier molecular flexibility index (Phi) is 5.76. The third-order valence-corrected chi connectivity index (χ3v) is 4.71. The summed E-state index contributed by atoms with van der Waals surface area (Å²) in [6.07, 6.45) is 4.67. The summed E-state index contributed by atoms with van der Waals surface area (Å²) in [4.78, 5) is 14.8. The molecule has 0 unspecified atom stereocenters. The highest BCUT2D eigenvalue weighted by atomic mass is 19.1. The number of phenolic OH excluding ortho intramolecular Hbond substituents is 2. The molecule has 0 aromatic heterocycles. The molecule has 1 heterocycles. The molecular formula is C21H22FNO4. The largest absolute Gasteiger partial charge is 0.507 e. The fourth-order valence-electron chi connectivity index (χ4n) is 3.25. The van der Waals surface area contributed by atoms with E-state index in [1.807, 2.05) is 0 Å². The van der Waals surface area contributed by atoms with Crippen molar-refractivity contribution in [1.29, 1.82) is 0 Å². The summed E-state index contributed by atoms with van der Waals surface area (Å²) in [5.74, 6) is -1.33. The normalized spacial score (nSPS) is 14.7. The van der Waals surface area contributed by atoms with Crippen LogP contribution < -0.4 is 4.74 Å². The summed E-state index contributed by atoms with van der Waals surface area (Å²) in [5, 5.41) is 20.9. The van der Waals surface area contributed by atoms with Gasteiger partial charge in [0.15, 0.2) is 5.78 Å². The number of phenols is 2. The molecule has 0 aliphatic carbocycles. The molecule has 0 saturated carbocycles. The number of likely N-dealkylation sites (tertiary alicyclic amines) is 1. The van der Waals surface area contributed by atoms with Gasteiger partial charge in [-0.2, -0.15) is 0 Å². The number of ketones is 1. The van der Waals surface area contributed by atoms with Crippen molar-refractivity contribution in [1.82, 2.24) is 4.90 Å². The Labute approximate surface area is 157 Å². The molecule has 1 fully saturated rings. The predicted octanol–water partition coefficient (Wildman–Crippen LogP) is 3.74. The smallest absolute Gasteiger partial charge is 0.193 e. The number of aromatic hydroxyl groups is 2. The topological polar surface area (TPSA) is 70.0 Å². The van der Waals surface area contributed by atoms with Crippen LogP contribution in [0.3, 0.4) is 0 Å². The Bertz CT molecular complexity index is 873. The van der Waals surface area contributed by atoms with E-state index in [1.54, 1.807) is 18.2 Å². The zero-order valence-corrected chi connectivity index (χ0v) is 15.1. The van der Waals surface area contributed by atoms with Crippen molar-refractivity contribution in [2.75, 3.05) is 20.2 Å². The van der Waals surface area contributed by atoms with E-state index in [0.29, 0.717) is 12.1 Å². The van der Waals surface area contributed by atoms with Crippen molar-refractivity contribution in [3.63, 3.8) is 0 Å². The molecule has 5 nitrogen and oxygen atoms in total. The van der Waals surface area contributed by atoms with Crippen LogP contribution in [0.25, 0.3) is 6.08 Å². The Morgan fingerprint density at radius 2 is 1.96 bits per heavy atom. The van der Waals surface area contributed by atoms with E-state index in [0.717, 1.165) is 25.9 Å². The number of hydrogen-bond donors (Lipinski definition) is 2. The van der Waals surface area contributed by atoms with Crippen LogP contribution in [0.2, 0.25) is 0 Å². The zero-order valence-electron chi connectivity index (χ0n) is 15.1. The quantitative estimate of drug-likeness (QED) is 0.598. The molecule has 1 aliphatic heterocycles. The summed E-state index contributed by atoms with van der Waals surface area (Å²) < 4.78 is 18.9. The first-order valence-electron chi connectivity index (χ1n) is 8.82. The number of rotatable bonds is 6. The van der Waals surface area contributed by atoms with E-state index in [4.69, 9.17) is 4.74 Å². The van der Waals surface area contributed by atoms with Crippen LogP contribution in [0, 0.1) is 5.82 Å². The third kappa shape index (κ3) is 4.11. The third-order valence-electron chi connectivity index (χ3n) is 4.71. The molecule has 0 amide bonds. The molecule has 1 aliphatic rings. The highest BCUT2D eigenvalue weighted by molar-refractivity contribution is 6.11. The molecule has 2 N–H and O–H groups in total. The van der Waals surface area contributed by atoms with Gasteiger partial charge in [0.1, 0.15) is 28.6 Å². The Morgan fingerprint density at radius 3 is 2.63 bits per heavy atom. The van der Waals surface area contributed by atoms with E-state index in [2.05, 4.69) is 4.90 Å². The number of benzene rings is 2. The average Bonchev–Trinajstić information content (AvgIpc) is 3.17. The molecular weight excluding hydrogens is 349 g/mol. The van der Waals surface area contributed by atoms with Gasteiger partial charge in [-0.25, -0.2) is 4.39 Å². The van der Waals surface area contributed by atoms with E-state index >= 15 is 0 Å². The van der Waals surface area contributed by atoms with Crippen molar-refractivity contribution in [2.24, 2.45) is 0 Å². The van der Waals surface area contributed by atoms with Crippen LogP contribution in [0.15, 0.2) is 36.4 Å². The van der Waals surface area contributed by atoms with Crippen molar-refractivity contribution in [3.8, 4) is 17.2 Å². The monoisotopic (exact) mass is 371 g/mol. The summed E-state index contributed by atoms with van der Waals surface area (Å²) in [6, 6.07) is 7.41. The van der Waals surface area contributed by atoms with Crippen LogP contribution in [0.4, 0.5) is 4.39 Å². The highest BCUT2D eigenvalue weighted by Crippen LogP contribution is 2.39.